The van der Waals surface area contributed by atoms with Gasteiger partial charge in [-0.1, -0.05) is 71.0 Å². The number of benzene rings is 3. The summed E-state index contributed by atoms with van der Waals surface area (Å²) in [5.74, 6) is -0.128. The summed E-state index contributed by atoms with van der Waals surface area (Å²) < 4.78 is 37.8. The molecular formula is C32H34FNO4S2. The summed E-state index contributed by atoms with van der Waals surface area (Å²) in [5, 5.41) is 25.2. The van der Waals surface area contributed by atoms with Crippen LogP contribution in [0, 0.1) is 5.82 Å². The van der Waals surface area contributed by atoms with E-state index in [1.807, 2.05) is 59.7 Å². The van der Waals surface area contributed by atoms with E-state index < -0.39 is 9.84 Å². The van der Waals surface area contributed by atoms with E-state index in [9.17, 15) is 23.1 Å². The average Bonchev–Trinajstić information content (AvgIpc) is 3.29. The molecule has 0 amide bonds. The van der Waals surface area contributed by atoms with Crippen LogP contribution in [-0.4, -0.2) is 30.7 Å². The van der Waals surface area contributed by atoms with Crippen LogP contribution in [0.25, 0.3) is 21.6 Å². The van der Waals surface area contributed by atoms with Gasteiger partial charge in [0.15, 0.2) is 9.84 Å². The number of hydrogen-bond donors (Lipinski definition) is 2. The zero-order chi connectivity index (χ0) is 29.6. The first-order valence-corrected chi connectivity index (χ1v) is 15.5. The molecule has 0 saturated heterocycles. The maximum atomic E-state index is 13.8. The van der Waals surface area contributed by atoms with Crippen molar-refractivity contribution in [3.63, 3.8) is 0 Å². The van der Waals surface area contributed by atoms with Crippen LogP contribution in [0.5, 0.6) is 5.75 Å². The van der Waals surface area contributed by atoms with Gasteiger partial charge in [-0.05, 0) is 64.4 Å². The summed E-state index contributed by atoms with van der Waals surface area (Å²) in [6.45, 7) is 12.1. The van der Waals surface area contributed by atoms with Crippen molar-refractivity contribution in [3.8, 4) is 27.3 Å². The highest BCUT2D eigenvalue weighted by Gasteiger charge is 2.28. The fourth-order valence-corrected chi connectivity index (χ4v) is 6.41. The summed E-state index contributed by atoms with van der Waals surface area (Å²) in [6.07, 6.45) is 1.16. The summed E-state index contributed by atoms with van der Waals surface area (Å²) in [6, 6.07) is 18.3. The molecule has 0 unspecified atom stereocenters. The van der Waals surface area contributed by atoms with Crippen LogP contribution in [0.4, 0.5) is 4.39 Å². The van der Waals surface area contributed by atoms with Gasteiger partial charge < -0.3 is 10.3 Å². The topological polar surface area (TPSA) is 87.0 Å². The van der Waals surface area contributed by atoms with E-state index in [2.05, 4.69) is 5.16 Å². The Balaban J connectivity index is 1.95. The first-order chi connectivity index (χ1) is 18.5. The van der Waals surface area contributed by atoms with Crippen molar-refractivity contribution in [1.29, 1.82) is 0 Å². The number of halogens is 1. The van der Waals surface area contributed by atoms with Gasteiger partial charge in [0.1, 0.15) is 17.3 Å². The molecule has 40 heavy (non-hydrogen) atoms. The molecule has 0 radical (unpaired) electrons. The van der Waals surface area contributed by atoms with Crippen molar-refractivity contribution in [1.82, 2.24) is 0 Å². The largest absolute Gasteiger partial charge is 0.507 e. The molecule has 0 aliphatic heterocycles. The molecule has 2 N–H and O–H groups in total. The molecule has 0 aliphatic carbocycles. The molecule has 4 rings (SSSR count). The maximum absolute atomic E-state index is 13.8. The molecule has 1 heterocycles. The number of nitrogens with zero attached hydrogens (tertiary/aromatic N) is 1. The van der Waals surface area contributed by atoms with Crippen LogP contribution in [0.3, 0.4) is 0 Å². The van der Waals surface area contributed by atoms with Crippen LogP contribution >= 0.6 is 11.3 Å². The second-order valence-electron chi connectivity index (χ2n) is 12.0. The molecular weight excluding hydrogens is 545 g/mol. The molecule has 1 aromatic heterocycles. The first kappa shape index (κ1) is 29.5. The fourth-order valence-electron chi connectivity index (χ4n) is 4.58. The Labute approximate surface area is 239 Å². The second kappa shape index (κ2) is 10.5. The van der Waals surface area contributed by atoms with Crippen LogP contribution in [0.1, 0.15) is 63.1 Å². The van der Waals surface area contributed by atoms with E-state index in [1.165, 1.54) is 23.5 Å². The van der Waals surface area contributed by atoms with E-state index in [1.54, 1.807) is 36.4 Å². The van der Waals surface area contributed by atoms with Crippen molar-refractivity contribution >= 4 is 26.9 Å². The van der Waals surface area contributed by atoms with Crippen LogP contribution in [-0.2, 0) is 20.7 Å². The minimum atomic E-state index is -3.36. The first-order valence-electron chi connectivity index (χ1n) is 12.8. The number of thiophene rings is 1. The third-order valence-corrected chi connectivity index (χ3v) is 9.08. The van der Waals surface area contributed by atoms with Gasteiger partial charge >= 0.3 is 0 Å². The lowest BCUT2D eigenvalue weighted by molar-refractivity contribution is 0.319. The van der Waals surface area contributed by atoms with Crippen molar-refractivity contribution < 1.29 is 23.1 Å². The fraction of sp³-hybridized carbons (Fsp3) is 0.281. The predicted molar refractivity (Wildman–Crippen MR) is 161 cm³/mol. The minimum Gasteiger partial charge on any atom is -0.507 e. The van der Waals surface area contributed by atoms with E-state index in [4.69, 9.17) is 0 Å². The van der Waals surface area contributed by atoms with Gasteiger partial charge in [0.05, 0.1) is 9.77 Å². The number of phenolic OH excluding ortho intramolecular Hbond substituents is 1. The minimum absolute atomic E-state index is 0.209. The highest BCUT2D eigenvalue weighted by molar-refractivity contribution is 7.90. The Kier molecular flexibility index (Phi) is 7.73. The number of sulfone groups is 1. The molecule has 4 aromatic rings. The SMILES string of the molecule is CC(C)(C)c1cc(C(=NO)c2cc(-c3ccc(S(C)(=O)=O)cc3)c(-c3ccc(F)cc3)s2)cc(C(C)(C)C)c1O. The van der Waals surface area contributed by atoms with Crippen LogP contribution in [0.15, 0.2) is 76.8 Å². The van der Waals surface area contributed by atoms with Gasteiger partial charge in [0, 0.05) is 33.4 Å². The zero-order valence-electron chi connectivity index (χ0n) is 23.7. The molecule has 0 bridgehead atoms. The summed E-state index contributed by atoms with van der Waals surface area (Å²) in [5.41, 5.74) is 4.05. The van der Waals surface area contributed by atoms with Gasteiger partial charge in [-0.3, -0.25) is 0 Å². The summed E-state index contributed by atoms with van der Waals surface area (Å²) in [7, 11) is -3.36. The summed E-state index contributed by atoms with van der Waals surface area (Å²) in [4.78, 5) is 1.68. The highest BCUT2D eigenvalue weighted by atomic mass is 32.2. The number of oxime groups is 1. The number of hydrogen-bond acceptors (Lipinski definition) is 6. The Morgan fingerprint density at radius 2 is 1.32 bits per heavy atom. The lowest BCUT2D eigenvalue weighted by atomic mass is 9.78. The second-order valence-corrected chi connectivity index (χ2v) is 15.1. The van der Waals surface area contributed by atoms with E-state index in [0.717, 1.165) is 39.0 Å². The number of rotatable bonds is 5. The van der Waals surface area contributed by atoms with E-state index in [0.29, 0.717) is 16.2 Å². The van der Waals surface area contributed by atoms with Crippen LogP contribution < -0.4 is 0 Å². The normalized spacial score (nSPS) is 13.1. The van der Waals surface area contributed by atoms with Gasteiger partial charge in [-0.15, -0.1) is 11.3 Å². The molecule has 210 valence electrons. The average molecular weight is 580 g/mol. The Morgan fingerprint density at radius 1 is 0.825 bits per heavy atom. The Bertz CT molecular complexity index is 1650. The Hall–Kier alpha value is -3.49. The monoisotopic (exact) mass is 579 g/mol. The van der Waals surface area contributed by atoms with Crippen LogP contribution in [0.2, 0.25) is 0 Å². The lowest BCUT2D eigenvalue weighted by Gasteiger charge is -2.28. The molecule has 0 fully saturated rings. The van der Waals surface area contributed by atoms with Gasteiger partial charge in [0.25, 0.3) is 0 Å². The maximum Gasteiger partial charge on any atom is 0.175 e. The molecule has 0 saturated carbocycles. The standard InChI is InChI=1S/C32H34FNO4S2/c1-31(2,3)25-16-21(17-26(29(25)35)32(4,5)6)28(34-36)27-18-24(19-10-14-23(15-11-19)40(7,37)38)30(39-27)20-8-12-22(33)13-9-20/h8-18,35-36H,1-7H3. The highest BCUT2D eigenvalue weighted by Crippen LogP contribution is 2.43. The molecule has 3 aromatic carbocycles. The molecule has 5 nitrogen and oxygen atoms in total. The molecule has 0 atom stereocenters. The smallest absolute Gasteiger partial charge is 0.175 e. The quantitative estimate of drug-likeness (QED) is 0.142. The lowest BCUT2D eigenvalue weighted by Crippen LogP contribution is -2.19. The molecule has 0 spiro atoms. The molecule has 8 heteroatoms. The van der Waals surface area contributed by atoms with Crippen molar-refractivity contribution in [3.05, 3.63) is 94.1 Å². The van der Waals surface area contributed by atoms with Crippen molar-refractivity contribution in [2.75, 3.05) is 6.26 Å². The Morgan fingerprint density at radius 3 is 1.77 bits per heavy atom. The van der Waals surface area contributed by atoms with E-state index in [-0.39, 0.29) is 27.3 Å². The molecule has 0 aliphatic rings. The van der Waals surface area contributed by atoms with Gasteiger partial charge in [0.2, 0.25) is 0 Å². The van der Waals surface area contributed by atoms with Gasteiger partial charge in [-0.25, -0.2) is 12.8 Å². The predicted octanol–water partition coefficient (Wildman–Crippen LogP) is 8.15. The van der Waals surface area contributed by atoms with Gasteiger partial charge in [-0.2, -0.15) is 0 Å². The number of aromatic hydroxyl groups is 1. The zero-order valence-corrected chi connectivity index (χ0v) is 25.3. The van der Waals surface area contributed by atoms with Crippen molar-refractivity contribution in [2.45, 2.75) is 57.3 Å². The third-order valence-electron chi connectivity index (χ3n) is 6.76. The van der Waals surface area contributed by atoms with Crippen molar-refractivity contribution in [2.24, 2.45) is 5.16 Å². The summed E-state index contributed by atoms with van der Waals surface area (Å²) >= 11 is 1.39. The third kappa shape index (κ3) is 5.98. The van der Waals surface area contributed by atoms with E-state index >= 15 is 0 Å². The number of phenols is 1.